The highest BCUT2D eigenvalue weighted by Crippen LogP contribution is 2.17. The molecular formula is C9H9F3N2O4S. The Morgan fingerprint density at radius 3 is 2.79 bits per heavy atom. The zero-order valence-electron chi connectivity index (χ0n) is 9.64. The van der Waals surface area contributed by atoms with Gasteiger partial charge in [-0.05, 0) is 0 Å². The SMILES string of the molecule is CON=Cc1cnc(S(=O)(=O)CCC(F)=C(F)F)o1. The molecule has 0 N–H and O–H groups in total. The van der Waals surface area contributed by atoms with Crippen molar-refractivity contribution in [2.75, 3.05) is 12.9 Å². The van der Waals surface area contributed by atoms with Gasteiger partial charge in [-0.1, -0.05) is 5.16 Å². The number of halogens is 3. The second-order valence-electron chi connectivity index (χ2n) is 3.18. The lowest BCUT2D eigenvalue weighted by atomic mass is 10.4. The zero-order valence-corrected chi connectivity index (χ0v) is 10.5. The Bertz CT molecular complexity index is 590. The van der Waals surface area contributed by atoms with Crippen LogP contribution in [-0.2, 0) is 14.7 Å². The van der Waals surface area contributed by atoms with Crippen LogP contribution in [0.4, 0.5) is 13.2 Å². The molecule has 0 spiro atoms. The van der Waals surface area contributed by atoms with Crippen molar-refractivity contribution in [3.05, 3.63) is 23.9 Å². The molecule has 0 aliphatic heterocycles. The number of hydrogen-bond donors (Lipinski definition) is 0. The quantitative estimate of drug-likeness (QED) is 0.591. The van der Waals surface area contributed by atoms with Crippen molar-refractivity contribution >= 4 is 16.1 Å². The molecule has 0 aliphatic carbocycles. The van der Waals surface area contributed by atoms with Crippen molar-refractivity contribution in [2.45, 2.75) is 11.6 Å². The molecule has 10 heteroatoms. The predicted octanol–water partition coefficient (Wildman–Crippen LogP) is 1.90. The summed E-state index contributed by atoms with van der Waals surface area (Å²) >= 11 is 0. The number of rotatable bonds is 6. The van der Waals surface area contributed by atoms with E-state index >= 15 is 0 Å². The highest BCUT2D eigenvalue weighted by Gasteiger charge is 2.22. The van der Waals surface area contributed by atoms with E-state index in [1.54, 1.807) is 0 Å². The molecule has 0 amide bonds. The molecule has 1 rings (SSSR count). The van der Waals surface area contributed by atoms with E-state index in [4.69, 9.17) is 4.42 Å². The molecule has 0 aliphatic rings. The highest BCUT2D eigenvalue weighted by atomic mass is 32.2. The Morgan fingerprint density at radius 1 is 1.53 bits per heavy atom. The van der Waals surface area contributed by atoms with Gasteiger partial charge in [-0.2, -0.15) is 8.78 Å². The van der Waals surface area contributed by atoms with E-state index in [-0.39, 0.29) is 5.76 Å². The standard InChI is InChI=1S/C9H9F3N2O4S/c1-17-14-5-6-4-13-9(18-6)19(15,16)3-2-7(10)8(11)12/h4-5H,2-3H2,1H3. The summed E-state index contributed by atoms with van der Waals surface area (Å²) in [5.41, 5.74) is 0. The first kappa shape index (κ1) is 15.2. The number of oxazole rings is 1. The first-order valence-electron chi connectivity index (χ1n) is 4.81. The first-order valence-corrected chi connectivity index (χ1v) is 6.47. The van der Waals surface area contributed by atoms with E-state index < -0.39 is 39.1 Å². The van der Waals surface area contributed by atoms with Crippen molar-refractivity contribution in [1.82, 2.24) is 4.98 Å². The van der Waals surface area contributed by atoms with Crippen molar-refractivity contribution in [1.29, 1.82) is 0 Å². The average Bonchev–Trinajstić information content (AvgIpc) is 2.82. The lowest BCUT2D eigenvalue weighted by Gasteiger charge is -1.97. The van der Waals surface area contributed by atoms with Gasteiger partial charge in [0.25, 0.3) is 0 Å². The van der Waals surface area contributed by atoms with Crippen LogP contribution in [0.1, 0.15) is 12.2 Å². The van der Waals surface area contributed by atoms with Gasteiger partial charge in [-0.25, -0.2) is 17.8 Å². The summed E-state index contributed by atoms with van der Waals surface area (Å²) in [4.78, 5) is 7.78. The van der Waals surface area contributed by atoms with E-state index in [0.717, 1.165) is 12.4 Å². The summed E-state index contributed by atoms with van der Waals surface area (Å²) in [5.74, 6) is -2.67. The number of allylic oxidation sites excluding steroid dienone is 1. The molecule has 0 unspecified atom stereocenters. The van der Waals surface area contributed by atoms with Crippen LogP contribution in [0.2, 0.25) is 0 Å². The molecule has 0 saturated carbocycles. The molecule has 0 fully saturated rings. The lowest BCUT2D eigenvalue weighted by molar-refractivity contribution is 0.214. The topological polar surface area (TPSA) is 81.8 Å². The van der Waals surface area contributed by atoms with E-state index in [2.05, 4.69) is 15.0 Å². The third-order valence-electron chi connectivity index (χ3n) is 1.85. The molecule has 0 bridgehead atoms. The third-order valence-corrected chi connectivity index (χ3v) is 3.31. The molecule has 0 radical (unpaired) electrons. The fraction of sp³-hybridized carbons (Fsp3) is 0.333. The predicted molar refractivity (Wildman–Crippen MR) is 58.1 cm³/mol. The number of nitrogens with zero attached hydrogens (tertiary/aromatic N) is 2. The first-order chi connectivity index (χ1) is 8.86. The van der Waals surface area contributed by atoms with Gasteiger partial charge < -0.3 is 9.25 Å². The minimum Gasteiger partial charge on any atom is -0.427 e. The van der Waals surface area contributed by atoms with Gasteiger partial charge in [0.15, 0.2) is 11.6 Å². The van der Waals surface area contributed by atoms with E-state index in [0.29, 0.717) is 0 Å². The minimum atomic E-state index is -4.08. The van der Waals surface area contributed by atoms with Gasteiger partial charge in [-0.3, -0.25) is 0 Å². The second kappa shape index (κ2) is 6.36. The summed E-state index contributed by atoms with van der Waals surface area (Å²) in [6.45, 7) is 0. The summed E-state index contributed by atoms with van der Waals surface area (Å²) in [6.07, 6.45) is -1.38. The van der Waals surface area contributed by atoms with Gasteiger partial charge in [0.05, 0.1) is 11.9 Å². The third kappa shape index (κ3) is 4.39. The van der Waals surface area contributed by atoms with Gasteiger partial charge >= 0.3 is 11.3 Å². The Labute approximate surface area is 106 Å². The molecule has 0 atom stereocenters. The maximum absolute atomic E-state index is 12.5. The van der Waals surface area contributed by atoms with Gasteiger partial charge in [0, 0.05) is 6.42 Å². The highest BCUT2D eigenvalue weighted by molar-refractivity contribution is 7.91. The van der Waals surface area contributed by atoms with E-state index in [1.165, 1.54) is 7.11 Å². The number of oxime groups is 1. The smallest absolute Gasteiger partial charge is 0.315 e. The molecule has 6 nitrogen and oxygen atoms in total. The van der Waals surface area contributed by atoms with Crippen LogP contribution >= 0.6 is 0 Å². The van der Waals surface area contributed by atoms with E-state index in [9.17, 15) is 21.6 Å². The lowest BCUT2D eigenvalue weighted by Crippen LogP contribution is -2.07. The average molecular weight is 298 g/mol. The van der Waals surface area contributed by atoms with Gasteiger partial charge in [0.1, 0.15) is 13.3 Å². The fourth-order valence-electron chi connectivity index (χ4n) is 0.984. The Balaban J connectivity index is 2.81. The summed E-state index contributed by atoms with van der Waals surface area (Å²) in [5, 5.41) is 2.62. The summed E-state index contributed by atoms with van der Waals surface area (Å²) in [7, 11) is -2.81. The second-order valence-corrected chi connectivity index (χ2v) is 5.17. The molecule has 0 aromatic carbocycles. The van der Waals surface area contributed by atoms with Crippen LogP contribution in [0, 0.1) is 0 Å². The van der Waals surface area contributed by atoms with Crippen LogP contribution in [-0.4, -0.2) is 32.5 Å². The van der Waals surface area contributed by atoms with Crippen LogP contribution in [0.3, 0.4) is 0 Å². The van der Waals surface area contributed by atoms with Crippen LogP contribution in [0.5, 0.6) is 0 Å². The zero-order chi connectivity index (χ0) is 14.5. The largest absolute Gasteiger partial charge is 0.427 e. The van der Waals surface area contributed by atoms with Crippen LogP contribution in [0.15, 0.2) is 32.9 Å². The summed E-state index contributed by atoms with van der Waals surface area (Å²) in [6, 6.07) is 0. The maximum Gasteiger partial charge on any atom is 0.315 e. The Morgan fingerprint density at radius 2 is 2.21 bits per heavy atom. The number of aromatic nitrogens is 1. The molecule has 1 aromatic heterocycles. The monoisotopic (exact) mass is 298 g/mol. The molecule has 1 aromatic rings. The number of sulfone groups is 1. The fourth-order valence-corrected chi connectivity index (χ4v) is 2.04. The van der Waals surface area contributed by atoms with Crippen molar-refractivity contribution in [2.24, 2.45) is 5.16 Å². The molecule has 19 heavy (non-hydrogen) atoms. The Hall–Kier alpha value is -1.84. The molecular weight excluding hydrogens is 289 g/mol. The van der Waals surface area contributed by atoms with Gasteiger partial charge in [-0.15, -0.1) is 0 Å². The van der Waals surface area contributed by atoms with Crippen molar-refractivity contribution < 1.29 is 30.8 Å². The van der Waals surface area contributed by atoms with Gasteiger partial charge in [0.2, 0.25) is 9.84 Å². The minimum absolute atomic E-state index is 0.00638. The van der Waals surface area contributed by atoms with Crippen LogP contribution in [0.25, 0.3) is 0 Å². The van der Waals surface area contributed by atoms with Crippen molar-refractivity contribution in [3.63, 3.8) is 0 Å². The van der Waals surface area contributed by atoms with Crippen LogP contribution < -0.4 is 0 Å². The maximum atomic E-state index is 12.5. The molecule has 106 valence electrons. The normalized spacial score (nSPS) is 11.8. The number of hydrogen-bond acceptors (Lipinski definition) is 6. The summed E-state index contributed by atoms with van der Waals surface area (Å²) < 4.78 is 64.0. The molecule has 1 heterocycles. The Kier molecular flexibility index (Phi) is 5.10. The van der Waals surface area contributed by atoms with E-state index in [1.807, 2.05) is 0 Å². The molecule has 0 saturated heterocycles. The van der Waals surface area contributed by atoms with Crippen molar-refractivity contribution in [3.8, 4) is 0 Å².